The van der Waals surface area contributed by atoms with E-state index in [-0.39, 0.29) is 0 Å². The second-order valence-electron chi connectivity index (χ2n) is 8.05. The van der Waals surface area contributed by atoms with Gasteiger partial charge in [0.1, 0.15) is 0 Å². The number of halogens is 2. The summed E-state index contributed by atoms with van der Waals surface area (Å²) < 4.78 is 19.9. The Morgan fingerprint density at radius 3 is 0.943 bits per heavy atom. The van der Waals surface area contributed by atoms with E-state index in [0.29, 0.717) is 0 Å². The topological polar surface area (TPSA) is 18.5 Å². The van der Waals surface area contributed by atoms with Crippen molar-refractivity contribution in [3.8, 4) is 11.5 Å². The van der Waals surface area contributed by atoms with Crippen LogP contribution in [-0.4, -0.2) is 18.2 Å². The number of rotatable bonds is 7. The Bertz CT molecular complexity index is 1240. The van der Waals surface area contributed by atoms with Crippen LogP contribution in [0.3, 0.4) is 0 Å². The van der Waals surface area contributed by atoms with Crippen molar-refractivity contribution in [2.75, 3.05) is 0 Å². The summed E-state index contributed by atoms with van der Waals surface area (Å²) in [6.07, 6.45) is 0. The molecule has 0 saturated heterocycles. The summed E-state index contributed by atoms with van der Waals surface area (Å²) in [7, 11) is 0. The molecule has 0 N–H and O–H groups in total. The zero-order valence-electron chi connectivity index (χ0n) is 18.8. The van der Waals surface area contributed by atoms with Crippen LogP contribution in [0.25, 0.3) is 0 Å². The van der Waals surface area contributed by atoms with Crippen LogP contribution in [0.5, 0.6) is 11.5 Å². The van der Waals surface area contributed by atoms with E-state index in [2.05, 4.69) is 105 Å². The van der Waals surface area contributed by atoms with Crippen LogP contribution < -0.4 is 16.6 Å². The minimum atomic E-state index is -5.23. The van der Waals surface area contributed by atoms with Crippen molar-refractivity contribution in [2.45, 2.75) is 0 Å². The third-order valence-corrected chi connectivity index (χ3v) is 20.7. The van der Waals surface area contributed by atoms with Gasteiger partial charge in [-0.05, 0) is 0 Å². The third-order valence-electron chi connectivity index (χ3n) is 5.86. The fraction of sp³-hybridized carbons (Fsp3) is 0. The van der Waals surface area contributed by atoms with E-state index < -0.39 is 18.2 Å². The fourth-order valence-electron chi connectivity index (χ4n) is 4.27. The molecule has 174 valence electrons. The molecule has 0 fully saturated rings. The first-order valence-corrected chi connectivity index (χ1v) is 18.7. The van der Waals surface area contributed by atoms with Crippen LogP contribution in [0.15, 0.2) is 148 Å². The van der Waals surface area contributed by atoms with E-state index in [4.69, 9.17) is 6.03 Å². The Morgan fingerprint density at radius 1 is 0.371 bits per heavy atom. The van der Waals surface area contributed by atoms with Crippen molar-refractivity contribution in [1.29, 1.82) is 0 Å². The molecule has 0 radical (unpaired) electrons. The average molecular weight is 697 g/mol. The summed E-state index contributed by atoms with van der Waals surface area (Å²) in [5, 5.41) is 0. The molecule has 0 atom stereocenters. The molecule has 0 aromatic heterocycles. The van der Waals surface area contributed by atoms with Gasteiger partial charge < -0.3 is 0 Å². The van der Waals surface area contributed by atoms with Gasteiger partial charge in [0.15, 0.2) is 0 Å². The standard InChI is InChI=1S/2C6H5BrO.3C6H5.Sb/c2*7-5-1-3-6(8)4-2-5;3*1-2-4-6-5-3-1;/h2*1-4,8H;3*1-5H;/q;;;;;+2/p-2. The van der Waals surface area contributed by atoms with Crippen molar-refractivity contribution in [3.63, 3.8) is 0 Å². The predicted octanol–water partition coefficient (Wildman–Crippen LogP) is 6.79. The first kappa shape index (κ1) is 24.2. The van der Waals surface area contributed by atoms with Crippen LogP contribution in [0.2, 0.25) is 0 Å². The molecule has 0 aliphatic heterocycles. The van der Waals surface area contributed by atoms with Gasteiger partial charge in [0.25, 0.3) is 0 Å². The Labute approximate surface area is 225 Å². The van der Waals surface area contributed by atoms with Gasteiger partial charge in [0.2, 0.25) is 0 Å². The van der Waals surface area contributed by atoms with E-state index in [0.717, 1.165) is 31.0 Å². The molecule has 0 heterocycles. The van der Waals surface area contributed by atoms with Gasteiger partial charge in [-0.3, -0.25) is 0 Å². The van der Waals surface area contributed by atoms with E-state index >= 15 is 0 Å². The van der Waals surface area contributed by atoms with E-state index in [1.807, 2.05) is 66.7 Å². The average Bonchev–Trinajstić information content (AvgIpc) is 2.92. The SMILES string of the molecule is Brc1ccc([O][Sb]([O]c2ccc(Br)cc2)([c]2ccccc2)([c]2ccccc2)[c]2ccccc2)cc1. The van der Waals surface area contributed by atoms with Crippen LogP contribution >= 0.6 is 31.9 Å². The van der Waals surface area contributed by atoms with Crippen molar-refractivity contribution in [2.24, 2.45) is 0 Å². The molecule has 0 amide bonds. The maximum absolute atomic E-state index is 7.38. The third kappa shape index (κ3) is 4.56. The van der Waals surface area contributed by atoms with Crippen molar-refractivity contribution in [3.05, 3.63) is 148 Å². The monoisotopic (exact) mass is 694 g/mol. The van der Waals surface area contributed by atoms with Gasteiger partial charge >= 0.3 is 227 Å². The Balaban J connectivity index is 1.92. The molecular formula is C30H23Br2O2Sb. The van der Waals surface area contributed by atoms with Crippen LogP contribution in [0.4, 0.5) is 0 Å². The first-order chi connectivity index (χ1) is 17.1. The molecule has 0 unspecified atom stereocenters. The molecule has 5 heteroatoms. The molecule has 35 heavy (non-hydrogen) atoms. The van der Waals surface area contributed by atoms with E-state index in [9.17, 15) is 0 Å². The summed E-state index contributed by atoms with van der Waals surface area (Å²) in [5.74, 6) is 1.51. The maximum atomic E-state index is 7.38. The molecule has 5 aromatic carbocycles. The van der Waals surface area contributed by atoms with Crippen LogP contribution in [0, 0.1) is 0 Å². The Hall–Kier alpha value is -2.52. The van der Waals surface area contributed by atoms with Crippen molar-refractivity contribution >= 4 is 60.6 Å². The summed E-state index contributed by atoms with van der Waals surface area (Å²) in [6, 6.07) is 47.2. The molecule has 5 rings (SSSR count). The summed E-state index contributed by atoms with van der Waals surface area (Å²) in [4.78, 5) is 0. The number of hydrogen-bond donors (Lipinski definition) is 0. The van der Waals surface area contributed by atoms with Gasteiger partial charge in [-0.1, -0.05) is 0 Å². The molecular weight excluding hydrogens is 674 g/mol. The van der Waals surface area contributed by atoms with Crippen LogP contribution in [0.1, 0.15) is 0 Å². The molecule has 0 aliphatic carbocycles. The van der Waals surface area contributed by atoms with E-state index in [1.165, 1.54) is 0 Å². The van der Waals surface area contributed by atoms with Crippen LogP contribution in [-0.2, 0) is 0 Å². The second kappa shape index (κ2) is 10.2. The molecule has 0 aliphatic rings. The first-order valence-electron chi connectivity index (χ1n) is 11.2. The summed E-state index contributed by atoms with van der Waals surface area (Å²) in [6.45, 7) is 0. The van der Waals surface area contributed by atoms with Gasteiger partial charge in [-0.25, -0.2) is 0 Å². The van der Waals surface area contributed by atoms with Gasteiger partial charge in [-0.2, -0.15) is 0 Å². The van der Waals surface area contributed by atoms with E-state index in [1.54, 1.807) is 0 Å². The Kier molecular flexibility index (Phi) is 7.06. The number of hydrogen-bond acceptors (Lipinski definition) is 2. The molecule has 2 nitrogen and oxygen atoms in total. The Morgan fingerprint density at radius 2 is 0.657 bits per heavy atom. The molecule has 0 bridgehead atoms. The summed E-state index contributed by atoms with van der Waals surface area (Å²) in [5.41, 5.74) is 0. The zero-order valence-corrected chi connectivity index (χ0v) is 24.5. The molecule has 0 spiro atoms. The summed E-state index contributed by atoms with van der Waals surface area (Å²) >= 11 is 1.89. The fourth-order valence-corrected chi connectivity index (χ4v) is 18.4. The predicted molar refractivity (Wildman–Crippen MR) is 154 cm³/mol. The van der Waals surface area contributed by atoms with Gasteiger partial charge in [-0.15, -0.1) is 0 Å². The quantitative estimate of drug-likeness (QED) is 0.175. The van der Waals surface area contributed by atoms with Gasteiger partial charge in [0, 0.05) is 0 Å². The minimum absolute atomic E-state index is 0.753. The van der Waals surface area contributed by atoms with Crippen molar-refractivity contribution in [1.82, 2.24) is 0 Å². The number of benzene rings is 5. The molecule has 0 saturated carbocycles. The normalized spacial score (nSPS) is 12.3. The van der Waals surface area contributed by atoms with Crippen molar-refractivity contribution < 1.29 is 6.03 Å². The zero-order chi connectivity index (χ0) is 24.2. The molecule has 5 aromatic rings. The van der Waals surface area contributed by atoms with Gasteiger partial charge in [0.05, 0.1) is 0 Å². The second-order valence-corrected chi connectivity index (χ2v) is 20.8.